The number of halogens is 2. The lowest BCUT2D eigenvalue weighted by Gasteiger charge is -2.11. The Labute approximate surface area is 123 Å². The quantitative estimate of drug-likeness (QED) is 0.907. The molecule has 0 saturated carbocycles. The van der Waals surface area contributed by atoms with E-state index in [0.29, 0.717) is 29.4 Å². The van der Waals surface area contributed by atoms with Crippen molar-refractivity contribution in [1.82, 2.24) is 5.32 Å². The van der Waals surface area contributed by atoms with Crippen LogP contribution in [0.1, 0.15) is 24.8 Å². The van der Waals surface area contributed by atoms with Crippen molar-refractivity contribution in [3.05, 3.63) is 33.8 Å². The average molecular weight is 302 g/mol. The maximum Gasteiger partial charge on any atom is 0.220 e. The number of ether oxygens (including phenoxy) is 1. The minimum absolute atomic E-state index is 0.00601. The van der Waals surface area contributed by atoms with E-state index in [1.165, 1.54) is 0 Å². The molecule has 5 heteroatoms. The number of benzene rings is 1. The zero-order valence-corrected chi connectivity index (χ0v) is 12.1. The van der Waals surface area contributed by atoms with Gasteiger partial charge in [-0.3, -0.25) is 4.79 Å². The minimum atomic E-state index is 0.00601. The molecule has 0 bridgehead atoms. The minimum Gasteiger partial charge on any atom is -0.376 e. The van der Waals surface area contributed by atoms with Crippen molar-refractivity contribution < 1.29 is 9.53 Å². The van der Waals surface area contributed by atoms with Gasteiger partial charge in [-0.15, -0.1) is 0 Å². The van der Waals surface area contributed by atoms with Gasteiger partial charge >= 0.3 is 0 Å². The van der Waals surface area contributed by atoms with Gasteiger partial charge in [-0.05, 0) is 37.0 Å². The summed E-state index contributed by atoms with van der Waals surface area (Å²) in [5.74, 6) is 0.00601. The van der Waals surface area contributed by atoms with Gasteiger partial charge in [-0.2, -0.15) is 0 Å². The van der Waals surface area contributed by atoms with Crippen LogP contribution in [0.3, 0.4) is 0 Å². The molecule has 1 saturated heterocycles. The van der Waals surface area contributed by atoms with Gasteiger partial charge in [0, 0.05) is 29.6 Å². The number of nitrogens with one attached hydrogen (secondary N) is 1. The number of amides is 1. The standard InChI is InChI=1S/C14H17Cl2NO2/c15-12-4-1-5-13(16)11(12)6-7-14(18)17-9-10-3-2-8-19-10/h1,4-5,10H,2-3,6-9H2,(H,17,18)/t10-/m0/s1. The van der Waals surface area contributed by atoms with Crippen LogP contribution in [0.2, 0.25) is 10.0 Å². The Balaban J connectivity index is 1.76. The van der Waals surface area contributed by atoms with Crippen molar-refractivity contribution in [1.29, 1.82) is 0 Å². The van der Waals surface area contributed by atoms with Crippen LogP contribution in [0.25, 0.3) is 0 Å². The fourth-order valence-corrected chi connectivity index (χ4v) is 2.72. The lowest BCUT2D eigenvalue weighted by atomic mass is 10.1. The second-order valence-electron chi connectivity index (χ2n) is 4.64. The molecule has 1 aliphatic rings. The lowest BCUT2D eigenvalue weighted by Crippen LogP contribution is -2.31. The summed E-state index contributed by atoms with van der Waals surface area (Å²) in [6.07, 6.45) is 3.21. The van der Waals surface area contributed by atoms with Crippen molar-refractivity contribution >= 4 is 29.1 Å². The van der Waals surface area contributed by atoms with Crippen molar-refractivity contribution in [3.8, 4) is 0 Å². The summed E-state index contributed by atoms with van der Waals surface area (Å²) in [6, 6.07) is 5.37. The van der Waals surface area contributed by atoms with Gasteiger partial charge in [0.1, 0.15) is 0 Å². The van der Waals surface area contributed by atoms with E-state index in [1.54, 1.807) is 18.2 Å². The Morgan fingerprint density at radius 3 is 2.74 bits per heavy atom. The summed E-state index contributed by atoms with van der Waals surface area (Å²) in [7, 11) is 0. The topological polar surface area (TPSA) is 38.3 Å². The van der Waals surface area contributed by atoms with Crippen LogP contribution in [0.5, 0.6) is 0 Å². The monoisotopic (exact) mass is 301 g/mol. The summed E-state index contributed by atoms with van der Waals surface area (Å²) in [6.45, 7) is 1.39. The Morgan fingerprint density at radius 1 is 1.37 bits per heavy atom. The molecule has 1 N–H and O–H groups in total. The van der Waals surface area contributed by atoms with E-state index in [9.17, 15) is 4.79 Å². The first kappa shape index (κ1) is 14.6. The van der Waals surface area contributed by atoms with Crippen LogP contribution in [-0.4, -0.2) is 25.2 Å². The highest BCUT2D eigenvalue weighted by Gasteiger charge is 2.16. The number of rotatable bonds is 5. The molecule has 0 aromatic heterocycles. The average Bonchev–Trinajstić information content (AvgIpc) is 2.89. The molecule has 1 aromatic rings. The highest BCUT2D eigenvalue weighted by molar-refractivity contribution is 6.36. The van der Waals surface area contributed by atoms with Gasteiger partial charge in [-0.25, -0.2) is 0 Å². The summed E-state index contributed by atoms with van der Waals surface area (Å²) >= 11 is 12.1. The molecule has 1 heterocycles. The predicted molar refractivity (Wildman–Crippen MR) is 76.8 cm³/mol. The highest BCUT2D eigenvalue weighted by atomic mass is 35.5. The van der Waals surface area contributed by atoms with Crippen molar-refractivity contribution in [2.45, 2.75) is 31.8 Å². The van der Waals surface area contributed by atoms with E-state index in [2.05, 4.69) is 5.32 Å². The van der Waals surface area contributed by atoms with E-state index in [4.69, 9.17) is 27.9 Å². The summed E-state index contributed by atoms with van der Waals surface area (Å²) < 4.78 is 5.45. The van der Waals surface area contributed by atoms with E-state index < -0.39 is 0 Å². The number of hydrogen-bond acceptors (Lipinski definition) is 2. The Bertz CT molecular complexity index is 425. The maximum absolute atomic E-state index is 11.7. The normalized spacial score (nSPS) is 18.5. The molecule has 3 nitrogen and oxygen atoms in total. The van der Waals surface area contributed by atoms with Gasteiger partial charge in [0.05, 0.1) is 6.10 Å². The number of carbonyl (C=O) groups is 1. The molecule has 0 aliphatic carbocycles. The van der Waals surface area contributed by atoms with E-state index >= 15 is 0 Å². The predicted octanol–water partition coefficient (Wildman–Crippen LogP) is 3.22. The van der Waals surface area contributed by atoms with Gasteiger partial charge in [0.15, 0.2) is 0 Å². The molecular formula is C14H17Cl2NO2. The fraction of sp³-hybridized carbons (Fsp3) is 0.500. The van der Waals surface area contributed by atoms with E-state index in [1.807, 2.05) is 0 Å². The van der Waals surface area contributed by atoms with Gasteiger partial charge < -0.3 is 10.1 Å². The Morgan fingerprint density at radius 2 is 2.11 bits per heavy atom. The van der Waals surface area contributed by atoms with Crippen LogP contribution in [0, 0.1) is 0 Å². The molecule has 1 aromatic carbocycles. The summed E-state index contributed by atoms with van der Waals surface area (Å²) in [5, 5.41) is 4.10. The highest BCUT2D eigenvalue weighted by Crippen LogP contribution is 2.25. The Hall–Kier alpha value is -0.770. The molecule has 1 fully saturated rings. The Kier molecular flexibility index (Phi) is 5.49. The van der Waals surface area contributed by atoms with Crippen LogP contribution in [0.4, 0.5) is 0 Å². The molecule has 0 unspecified atom stereocenters. The van der Waals surface area contributed by atoms with Gasteiger partial charge in [0.2, 0.25) is 5.91 Å². The molecule has 1 amide bonds. The molecular weight excluding hydrogens is 285 g/mol. The first-order valence-electron chi connectivity index (χ1n) is 6.48. The first-order chi connectivity index (χ1) is 9.16. The third-order valence-corrected chi connectivity index (χ3v) is 3.92. The number of carbonyl (C=O) groups excluding carboxylic acids is 1. The molecule has 1 atom stereocenters. The van der Waals surface area contributed by atoms with E-state index in [-0.39, 0.29) is 12.0 Å². The van der Waals surface area contributed by atoms with Gasteiger partial charge in [-0.1, -0.05) is 29.3 Å². The largest absolute Gasteiger partial charge is 0.376 e. The van der Waals surface area contributed by atoms with Crippen LogP contribution in [0.15, 0.2) is 18.2 Å². The summed E-state index contributed by atoms with van der Waals surface area (Å²) in [4.78, 5) is 11.7. The van der Waals surface area contributed by atoms with Crippen LogP contribution < -0.4 is 5.32 Å². The van der Waals surface area contributed by atoms with Crippen LogP contribution in [-0.2, 0) is 16.0 Å². The zero-order valence-electron chi connectivity index (χ0n) is 10.6. The second kappa shape index (κ2) is 7.13. The smallest absolute Gasteiger partial charge is 0.220 e. The van der Waals surface area contributed by atoms with Gasteiger partial charge in [0.25, 0.3) is 0 Å². The third-order valence-electron chi connectivity index (χ3n) is 3.21. The molecule has 0 spiro atoms. The maximum atomic E-state index is 11.7. The molecule has 0 radical (unpaired) electrons. The first-order valence-corrected chi connectivity index (χ1v) is 7.23. The SMILES string of the molecule is O=C(CCc1c(Cl)cccc1Cl)NC[C@@H]1CCCO1. The molecule has 2 rings (SSSR count). The van der Waals surface area contributed by atoms with Crippen LogP contribution >= 0.6 is 23.2 Å². The van der Waals surface area contributed by atoms with Crippen molar-refractivity contribution in [3.63, 3.8) is 0 Å². The molecule has 104 valence electrons. The lowest BCUT2D eigenvalue weighted by molar-refractivity contribution is -0.121. The van der Waals surface area contributed by atoms with E-state index in [0.717, 1.165) is 25.0 Å². The van der Waals surface area contributed by atoms with Crippen molar-refractivity contribution in [2.75, 3.05) is 13.2 Å². The zero-order chi connectivity index (χ0) is 13.7. The third kappa shape index (κ3) is 4.37. The summed E-state index contributed by atoms with van der Waals surface area (Å²) in [5.41, 5.74) is 0.832. The second-order valence-corrected chi connectivity index (χ2v) is 5.45. The number of hydrogen-bond donors (Lipinski definition) is 1. The molecule has 1 aliphatic heterocycles. The fourth-order valence-electron chi connectivity index (χ4n) is 2.13. The molecule has 19 heavy (non-hydrogen) atoms. The van der Waals surface area contributed by atoms with Crippen molar-refractivity contribution in [2.24, 2.45) is 0 Å².